The molecule has 0 saturated carbocycles. The molecule has 4 aromatic rings. The molecule has 0 amide bonds. The van der Waals surface area contributed by atoms with Gasteiger partial charge in [-0.15, -0.1) is 11.3 Å². The molecule has 0 aliphatic carbocycles. The molecule has 3 aliphatic rings. The summed E-state index contributed by atoms with van der Waals surface area (Å²) in [5, 5.41) is 13.7. The number of nitrogens with one attached hydrogen (secondary N) is 1. The molecule has 4 atom stereocenters. The molecule has 3 aliphatic heterocycles. The van der Waals surface area contributed by atoms with Gasteiger partial charge in [-0.3, -0.25) is 4.90 Å². The normalized spacial score (nSPS) is 25.4. The van der Waals surface area contributed by atoms with E-state index in [4.69, 9.17) is 26.8 Å². The van der Waals surface area contributed by atoms with Crippen molar-refractivity contribution in [1.29, 1.82) is 5.26 Å². The van der Waals surface area contributed by atoms with Gasteiger partial charge in [0.15, 0.2) is 5.82 Å². The SMILES string of the molecule is CC1CC(Oc2nc(OCC34CCCN3CC(F)C4)nc3c(F)c(-c4ccc(F)c5sc(N)c(C#N)c45)c(Cl)cc23)CN1. The number of hydrogen-bond donors (Lipinski definition) is 2. The highest BCUT2D eigenvalue weighted by Gasteiger charge is 2.49. The lowest BCUT2D eigenvalue weighted by Crippen LogP contribution is -2.43. The largest absolute Gasteiger partial charge is 0.472 e. The number of ether oxygens (including phenoxy) is 2. The zero-order valence-electron chi connectivity index (χ0n) is 23.2. The van der Waals surface area contributed by atoms with E-state index < -0.39 is 23.3 Å². The fraction of sp³-hybridized carbons (Fsp3) is 0.433. The molecule has 43 heavy (non-hydrogen) atoms. The number of fused-ring (bicyclic) bond motifs is 3. The molecule has 8 nitrogen and oxygen atoms in total. The van der Waals surface area contributed by atoms with Gasteiger partial charge in [-0.2, -0.15) is 15.2 Å². The van der Waals surface area contributed by atoms with Crippen LogP contribution in [-0.2, 0) is 0 Å². The number of nitrogens with two attached hydrogens (primary N) is 1. The first-order chi connectivity index (χ1) is 20.7. The maximum atomic E-state index is 16.7. The third kappa shape index (κ3) is 4.73. The van der Waals surface area contributed by atoms with Crippen molar-refractivity contribution >= 4 is 48.9 Å². The third-order valence-corrected chi connectivity index (χ3v) is 10.2. The minimum atomic E-state index is -0.934. The van der Waals surface area contributed by atoms with Crippen LogP contribution in [0.5, 0.6) is 11.9 Å². The Bertz CT molecular complexity index is 1820. The van der Waals surface area contributed by atoms with E-state index in [0.717, 1.165) is 37.1 Å². The van der Waals surface area contributed by atoms with E-state index >= 15 is 4.39 Å². The standard InChI is InChI=1S/C30H28ClF3N6O2S/c1-14-7-16(11-37-14)42-28-18-8-20(31)23(17-3-4-21(33)26-22(17)19(10-35)27(36)43-26)24(34)25(18)38-29(39-28)41-13-30-5-2-6-40(30)12-15(32)9-30/h3-4,8,14-16,37H,2,5-7,9,11-13,36H2,1H3. The van der Waals surface area contributed by atoms with Crippen LogP contribution in [0.15, 0.2) is 18.2 Å². The van der Waals surface area contributed by atoms with Crippen molar-refractivity contribution in [3.63, 3.8) is 0 Å². The fourth-order valence-electron chi connectivity index (χ4n) is 6.85. The molecule has 0 spiro atoms. The summed E-state index contributed by atoms with van der Waals surface area (Å²) in [6.45, 7) is 3.94. The summed E-state index contributed by atoms with van der Waals surface area (Å²) in [6.07, 6.45) is 1.64. The van der Waals surface area contributed by atoms with Gasteiger partial charge in [0.1, 0.15) is 41.3 Å². The van der Waals surface area contributed by atoms with Gasteiger partial charge in [0, 0.05) is 42.9 Å². The van der Waals surface area contributed by atoms with Crippen molar-refractivity contribution in [3.8, 4) is 29.1 Å². The zero-order valence-corrected chi connectivity index (χ0v) is 24.8. The number of thiophene rings is 1. The monoisotopic (exact) mass is 628 g/mol. The average molecular weight is 629 g/mol. The summed E-state index contributed by atoms with van der Waals surface area (Å²) in [7, 11) is 0. The molecule has 4 unspecified atom stereocenters. The van der Waals surface area contributed by atoms with Crippen LogP contribution in [0.4, 0.5) is 18.2 Å². The first-order valence-corrected chi connectivity index (χ1v) is 15.4. The Labute approximate surface area is 254 Å². The van der Waals surface area contributed by atoms with Crippen LogP contribution in [0.2, 0.25) is 5.02 Å². The molecule has 5 heterocycles. The highest BCUT2D eigenvalue weighted by Crippen LogP contribution is 2.46. The van der Waals surface area contributed by atoms with Gasteiger partial charge in [0.05, 0.1) is 26.2 Å². The number of halogens is 4. The number of aromatic nitrogens is 2. The minimum Gasteiger partial charge on any atom is -0.472 e. The van der Waals surface area contributed by atoms with Crippen molar-refractivity contribution in [2.24, 2.45) is 0 Å². The highest BCUT2D eigenvalue weighted by molar-refractivity contribution is 7.23. The Morgan fingerprint density at radius 1 is 1.33 bits per heavy atom. The van der Waals surface area contributed by atoms with Crippen LogP contribution in [0.3, 0.4) is 0 Å². The minimum absolute atomic E-state index is 0.00651. The molecule has 13 heteroatoms. The molecular formula is C30H28ClF3N6O2S. The third-order valence-electron chi connectivity index (χ3n) is 8.85. The molecule has 3 fully saturated rings. The number of nitriles is 1. The molecule has 7 rings (SSSR count). The number of hydrogen-bond acceptors (Lipinski definition) is 9. The van der Waals surface area contributed by atoms with Gasteiger partial charge in [0.2, 0.25) is 5.88 Å². The van der Waals surface area contributed by atoms with Gasteiger partial charge in [-0.05, 0) is 44.0 Å². The van der Waals surface area contributed by atoms with Crippen LogP contribution in [0.25, 0.3) is 32.1 Å². The van der Waals surface area contributed by atoms with Crippen molar-refractivity contribution < 1.29 is 22.6 Å². The molecule has 3 N–H and O–H groups in total. The summed E-state index contributed by atoms with van der Waals surface area (Å²) < 4.78 is 58.3. The topological polar surface area (TPSA) is 109 Å². The summed E-state index contributed by atoms with van der Waals surface area (Å²) in [6, 6.07) is 6.23. The molecule has 224 valence electrons. The van der Waals surface area contributed by atoms with Crippen molar-refractivity contribution in [1.82, 2.24) is 20.2 Å². The fourth-order valence-corrected chi connectivity index (χ4v) is 8.09. The Morgan fingerprint density at radius 3 is 2.93 bits per heavy atom. The Kier molecular flexibility index (Phi) is 7.04. The average Bonchev–Trinajstić information content (AvgIpc) is 3.71. The van der Waals surface area contributed by atoms with Gasteiger partial charge >= 0.3 is 6.01 Å². The van der Waals surface area contributed by atoms with Crippen LogP contribution in [0, 0.1) is 23.0 Å². The van der Waals surface area contributed by atoms with E-state index in [9.17, 15) is 14.0 Å². The van der Waals surface area contributed by atoms with Gasteiger partial charge in [-0.1, -0.05) is 17.7 Å². The quantitative estimate of drug-likeness (QED) is 0.268. The van der Waals surface area contributed by atoms with E-state index in [0.29, 0.717) is 19.5 Å². The molecule has 2 aromatic carbocycles. The van der Waals surface area contributed by atoms with Crippen LogP contribution < -0.4 is 20.5 Å². The predicted octanol–water partition coefficient (Wildman–Crippen LogP) is 5.98. The highest BCUT2D eigenvalue weighted by atomic mass is 35.5. The van der Waals surface area contributed by atoms with Crippen LogP contribution in [0.1, 0.15) is 38.2 Å². The molecule has 0 radical (unpaired) electrons. The Morgan fingerprint density at radius 2 is 2.16 bits per heavy atom. The van der Waals surface area contributed by atoms with Gasteiger partial charge in [-0.25, -0.2) is 13.2 Å². The second kappa shape index (κ2) is 10.7. The molecule has 2 aromatic heterocycles. The summed E-state index contributed by atoms with van der Waals surface area (Å²) >= 11 is 7.63. The van der Waals surface area contributed by atoms with Crippen molar-refractivity contribution in [3.05, 3.63) is 40.4 Å². The molecule has 0 bridgehead atoms. The summed E-state index contributed by atoms with van der Waals surface area (Å²) in [5.74, 6) is -1.26. The maximum Gasteiger partial charge on any atom is 0.320 e. The number of anilines is 1. The summed E-state index contributed by atoms with van der Waals surface area (Å²) in [4.78, 5) is 11.1. The Hall–Kier alpha value is -3.37. The second-order valence-corrected chi connectivity index (χ2v) is 13.1. The maximum absolute atomic E-state index is 16.7. The first kappa shape index (κ1) is 28.4. The number of nitrogen functional groups attached to an aromatic ring is 1. The van der Waals surface area contributed by atoms with E-state index in [1.54, 1.807) is 0 Å². The number of benzene rings is 2. The van der Waals surface area contributed by atoms with E-state index in [-0.39, 0.29) is 78.3 Å². The molecular weight excluding hydrogens is 601 g/mol. The van der Waals surface area contributed by atoms with Crippen LogP contribution >= 0.6 is 22.9 Å². The number of nitrogens with zero attached hydrogens (tertiary/aromatic N) is 4. The smallest absolute Gasteiger partial charge is 0.320 e. The van der Waals surface area contributed by atoms with Crippen LogP contribution in [-0.4, -0.2) is 65.0 Å². The molecule has 3 saturated heterocycles. The van der Waals surface area contributed by atoms with Crippen molar-refractivity contribution in [2.75, 3.05) is 32.0 Å². The lowest BCUT2D eigenvalue weighted by molar-refractivity contribution is 0.106. The van der Waals surface area contributed by atoms with Gasteiger partial charge < -0.3 is 20.5 Å². The van der Waals surface area contributed by atoms with E-state index in [1.807, 2.05) is 13.0 Å². The summed E-state index contributed by atoms with van der Waals surface area (Å²) in [5.41, 5.74) is 5.66. The lowest BCUT2D eigenvalue weighted by Gasteiger charge is -2.30. The van der Waals surface area contributed by atoms with E-state index in [2.05, 4.69) is 20.2 Å². The van der Waals surface area contributed by atoms with Crippen molar-refractivity contribution in [2.45, 2.75) is 56.5 Å². The number of alkyl halides is 1. The zero-order chi connectivity index (χ0) is 30.0. The first-order valence-electron chi connectivity index (χ1n) is 14.2. The Balaban J connectivity index is 1.37. The lowest BCUT2D eigenvalue weighted by atomic mass is 9.95. The number of rotatable bonds is 6. The van der Waals surface area contributed by atoms with Gasteiger partial charge in [0.25, 0.3) is 0 Å². The second-order valence-electron chi connectivity index (χ2n) is 11.7. The predicted molar refractivity (Wildman–Crippen MR) is 159 cm³/mol. The van der Waals surface area contributed by atoms with E-state index in [1.165, 1.54) is 18.2 Å².